The lowest BCUT2D eigenvalue weighted by molar-refractivity contribution is -0.139. The summed E-state index contributed by atoms with van der Waals surface area (Å²) in [6.45, 7) is 0. The first-order valence-corrected chi connectivity index (χ1v) is 6.46. The predicted molar refractivity (Wildman–Crippen MR) is 68.4 cm³/mol. The smallest absolute Gasteiger partial charge is 0.310 e. The molecular formula is C15H18O3. The molecule has 1 saturated carbocycles. The molecule has 1 atom stereocenters. The molecule has 1 aromatic rings. The quantitative estimate of drug-likeness (QED) is 0.888. The number of aliphatic carboxylic acids is 1. The van der Waals surface area contributed by atoms with Crippen LogP contribution in [0.4, 0.5) is 0 Å². The average Bonchev–Trinajstić information content (AvgIpc) is 2.38. The van der Waals surface area contributed by atoms with Gasteiger partial charge in [0, 0.05) is 12.8 Å². The molecule has 0 saturated heterocycles. The van der Waals surface area contributed by atoms with Crippen LogP contribution < -0.4 is 0 Å². The van der Waals surface area contributed by atoms with Crippen LogP contribution in [0.25, 0.3) is 0 Å². The number of carbonyl (C=O) groups is 2. The highest BCUT2D eigenvalue weighted by molar-refractivity contribution is 5.79. The molecule has 1 unspecified atom stereocenters. The van der Waals surface area contributed by atoms with Gasteiger partial charge in [0.1, 0.15) is 5.78 Å². The molecule has 3 nitrogen and oxygen atoms in total. The van der Waals surface area contributed by atoms with Crippen LogP contribution in [0.15, 0.2) is 30.3 Å². The summed E-state index contributed by atoms with van der Waals surface area (Å²) in [5.41, 5.74) is 0.863. The normalized spacial score (nSPS) is 18.6. The fourth-order valence-electron chi connectivity index (χ4n) is 2.63. The van der Waals surface area contributed by atoms with Gasteiger partial charge in [-0.1, -0.05) is 30.3 Å². The molecule has 0 radical (unpaired) electrons. The number of benzene rings is 1. The first-order valence-electron chi connectivity index (χ1n) is 6.46. The number of ketones is 1. The summed E-state index contributed by atoms with van der Waals surface area (Å²) in [5.74, 6) is -0.524. The standard InChI is InChI=1S/C15H18O3/c16-13-8-6-11(7-9-13)10-14(15(17)18)12-4-2-1-3-5-12/h1-5,11,14H,6-10H2,(H,17,18). The SMILES string of the molecule is O=C1CCC(CC(C(=O)O)c2ccccc2)CC1. The number of hydrogen-bond acceptors (Lipinski definition) is 2. The van der Waals surface area contributed by atoms with Crippen molar-refractivity contribution in [1.29, 1.82) is 0 Å². The third-order valence-electron chi connectivity index (χ3n) is 3.73. The largest absolute Gasteiger partial charge is 0.481 e. The Morgan fingerprint density at radius 1 is 1.22 bits per heavy atom. The van der Waals surface area contributed by atoms with Crippen molar-refractivity contribution in [2.75, 3.05) is 0 Å². The van der Waals surface area contributed by atoms with E-state index in [-0.39, 0.29) is 0 Å². The van der Waals surface area contributed by atoms with Crippen LogP contribution in [0.1, 0.15) is 43.6 Å². The van der Waals surface area contributed by atoms with Gasteiger partial charge < -0.3 is 5.11 Å². The van der Waals surface area contributed by atoms with E-state index in [1.54, 1.807) is 0 Å². The third-order valence-corrected chi connectivity index (χ3v) is 3.73. The second-order valence-electron chi connectivity index (χ2n) is 5.02. The van der Waals surface area contributed by atoms with Crippen LogP contribution in [0.3, 0.4) is 0 Å². The summed E-state index contributed by atoms with van der Waals surface area (Å²) in [6, 6.07) is 9.37. The van der Waals surface area contributed by atoms with Gasteiger partial charge in [-0.05, 0) is 30.7 Å². The second-order valence-corrected chi connectivity index (χ2v) is 5.02. The minimum Gasteiger partial charge on any atom is -0.481 e. The summed E-state index contributed by atoms with van der Waals surface area (Å²) in [5, 5.41) is 9.34. The van der Waals surface area contributed by atoms with E-state index in [4.69, 9.17) is 0 Å². The molecule has 96 valence electrons. The van der Waals surface area contributed by atoms with Crippen LogP contribution in [0.2, 0.25) is 0 Å². The molecule has 0 heterocycles. The summed E-state index contributed by atoms with van der Waals surface area (Å²) in [4.78, 5) is 22.6. The number of carboxylic acid groups (broad SMARTS) is 1. The van der Waals surface area contributed by atoms with Gasteiger partial charge in [-0.2, -0.15) is 0 Å². The number of Topliss-reactive ketones (excluding diaryl/α,β-unsaturated/α-hetero) is 1. The van der Waals surface area contributed by atoms with Gasteiger partial charge >= 0.3 is 5.97 Å². The Hall–Kier alpha value is -1.64. The molecular weight excluding hydrogens is 228 g/mol. The topological polar surface area (TPSA) is 54.4 Å². The predicted octanol–water partition coefficient (Wildman–Crippen LogP) is 3.00. The van der Waals surface area contributed by atoms with Crippen molar-refractivity contribution in [1.82, 2.24) is 0 Å². The van der Waals surface area contributed by atoms with Crippen molar-refractivity contribution < 1.29 is 14.7 Å². The number of carboxylic acids is 1. The molecule has 18 heavy (non-hydrogen) atoms. The molecule has 1 aliphatic rings. The first-order chi connectivity index (χ1) is 8.66. The van der Waals surface area contributed by atoms with E-state index in [0.717, 1.165) is 18.4 Å². The van der Waals surface area contributed by atoms with Crippen molar-refractivity contribution in [3.63, 3.8) is 0 Å². The molecule has 0 spiro atoms. The molecule has 0 bridgehead atoms. The van der Waals surface area contributed by atoms with Crippen LogP contribution in [0.5, 0.6) is 0 Å². The molecule has 0 amide bonds. The van der Waals surface area contributed by atoms with E-state index >= 15 is 0 Å². The Balaban J connectivity index is 2.03. The summed E-state index contributed by atoms with van der Waals surface area (Å²) in [7, 11) is 0. The minimum atomic E-state index is -0.766. The van der Waals surface area contributed by atoms with E-state index in [0.29, 0.717) is 31.0 Å². The van der Waals surface area contributed by atoms with E-state index in [9.17, 15) is 14.7 Å². The zero-order valence-corrected chi connectivity index (χ0v) is 10.3. The van der Waals surface area contributed by atoms with E-state index in [2.05, 4.69) is 0 Å². The van der Waals surface area contributed by atoms with Crippen molar-refractivity contribution in [2.45, 2.75) is 38.0 Å². The average molecular weight is 246 g/mol. The molecule has 2 rings (SSSR count). The maximum atomic E-state index is 11.4. The highest BCUT2D eigenvalue weighted by Crippen LogP contribution is 2.32. The van der Waals surface area contributed by atoms with Gasteiger partial charge in [0.25, 0.3) is 0 Å². The Kier molecular flexibility index (Phi) is 4.13. The Labute approximate surface area is 107 Å². The van der Waals surface area contributed by atoms with Crippen molar-refractivity contribution >= 4 is 11.8 Å². The van der Waals surface area contributed by atoms with Crippen molar-refractivity contribution in [3.8, 4) is 0 Å². The fourth-order valence-corrected chi connectivity index (χ4v) is 2.63. The van der Waals surface area contributed by atoms with Gasteiger partial charge in [-0.3, -0.25) is 9.59 Å². The van der Waals surface area contributed by atoms with Gasteiger partial charge in [-0.15, -0.1) is 0 Å². The molecule has 1 N–H and O–H groups in total. The van der Waals surface area contributed by atoms with Crippen LogP contribution in [0, 0.1) is 5.92 Å². The maximum Gasteiger partial charge on any atom is 0.310 e. The minimum absolute atomic E-state index is 0.317. The fraction of sp³-hybridized carbons (Fsp3) is 0.467. The number of carbonyl (C=O) groups excluding carboxylic acids is 1. The van der Waals surface area contributed by atoms with Crippen LogP contribution in [-0.4, -0.2) is 16.9 Å². The van der Waals surface area contributed by atoms with Gasteiger partial charge in [0.2, 0.25) is 0 Å². The molecule has 0 aromatic heterocycles. The summed E-state index contributed by atoms with van der Waals surface area (Å²) >= 11 is 0. The zero-order chi connectivity index (χ0) is 13.0. The van der Waals surface area contributed by atoms with E-state index in [1.807, 2.05) is 30.3 Å². The summed E-state index contributed by atoms with van der Waals surface area (Å²) in [6.07, 6.45) is 3.56. The molecule has 3 heteroatoms. The maximum absolute atomic E-state index is 11.4. The lowest BCUT2D eigenvalue weighted by Gasteiger charge is -2.24. The van der Waals surface area contributed by atoms with E-state index in [1.165, 1.54) is 0 Å². The third kappa shape index (κ3) is 3.19. The Morgan fingerprint density at radius 2 is 1.83 bits per heavy atom. The lowest BCUT2D eigenvalue weighted by atomic mass is 9.80. The van der Waals surface area contributed by atoms with Crippen molar-refractivity contribution in [3.05, 3.63) is 35.9 Å². The van der Waals surface area contributed by atoms with Gasteiger partial charge in [-0.25, -0.2) is 0 Å². The first kappa shape index (κ1) is 12.8. The second kappa shape index (κ2) is 5.80. The lowest BCUT2D eigenvalue weighted by Crippen LogP contribution is -2.20. The monoisotopic (exact) mass is 246 g/mol. The molecule has 0 aliphatic heterocycles. The number of hydrogen-bond donors (Lipinski definition) is 1. The van der Waals surface area contributed by atoms with Crippen molar-refractivity contribution in [2.24, 2.45) is 5.92 Å². The summed E-state index contributed by atoms with van der Waals surface area (Å²) < 4.78 is 0. The van der Waals surface area contributed by atoms with E-state index < -0.39 is 11.9 Å². The highest BCUT2D eigenvalue weighted by Gasteiger charge is 2.26. The Bertz CT molecular complexity index is 415. The molecule has 1 aliphatic carbocycles. The van der Waals surface area contributed by atoms with Crippen LogP contribution in [-0.2, 0) is 9.59 Å². The van der Waals surface area contributed by atoms with Crippen LogP contribution >= 0.6 is 0 Å². The highest BCUT2D eigenvalue weighted by atomic mass is 16.4. The number of rotatable bonds is 4. The molecule has 1 aromatic carbocycles. The Morgan fingerprint density at radius 3 is 2.39 bits per heavy atom. The van der Waals surface area contributed by atoms with Gasteiger partial charge in [0.15, 0.2) is 0 Å². The van der Waals surface area contributed by atoms with Gasteiger partial charge in [0.05, 0.1) is 5.92 Å². The zero-order valence-electron chi connectivity index (χ0n) is 10.3. The molecule has 1 fully saturated rings.